The average molecular weight is 1190 g/mol. The molecule has 328 valence electrons. The molecule has 0 aliphatic rings. The number of aromatic nitrogens is 3. The van der Waals surface area contributed by atoms with Crippen LogP contribution in [0.3, 0.4) is 0 Å². The van der Waals surface area contributed by atoms with E-state index in [-0.39, 0.29) is 20.1 Å². The number of benzene rings is 8. The van der Waals surface area contributed by atoms with Crippen LogP contribution >= 0.6 is 31.9 Å². The van der Waals surface area contributed by atoms with Crippen LogP contribution in [0.15, 0.2) is 240 Å². The van der Waals surface area contributed by atoms with Gasteiger partial charge in [0.15, 0.2) is 0 Å². The van der Waals surface area contributed by atoms with Gasteiger partial charge in [0.2, 0.25) is 0 Å². The van der Waals surface area contributed by atoms with Crippen LogP contribution in [0.5, 0.6) is 0 Å². The van der Waals surface area contributed by atoms with Crippen molar-refractivity contribution in [1.29, 1.82) is 0 Å². The van der Waals surface area contributed by atoms with Gasteiger partial charge in [0.1, 0.15) is 0 Å². The Balaban J connectivity index is 0.00000553. The van der Waals surface area contributed by atoms with Crippen molar-refractivity contribution in [2.45, 2.75) is 0 Å². The predicted octanol–water partition coefficient (Wildman–Crippen LogP) is 17.5. The largest absolute Gasteiger partial charge is 3.00 e. The molecule has 69 heavy (non-hydrogen) atoms. The van der Waals surface area contributed by atoms with Gasteiger partial charge in [-0.25, -0.2) is 0 Å². The summed E-state index contributed by atoms with van der Waals surface area (Å²) >= 11 is 7.21. The van der Waals surface area contributed by atoms with E-state index in [1.54, 1.807) is 0 Å². The maximum absolute atomic E-state index is 5.02. The third-order valence-electron chi connectivity index (χ3n) is 12.1. The molecular weight excluding hydrogens is 1150 g/mol. The van der Waals surface area contributed by atoms with E-state index in [0.717, 1.165) is 121 Å². The summed E-state index contributed by atoms with van der Waals surface area (Å²) in [5, 5.41) is 0. The van der Waals surface area contributed by atoms with Gasteiger partial charge in [0.25, 0.3) is 0 Å². The second kappa shape index (κ2) is 20.6. The molecule has 0 bridgehead atoms. The van der Waals surface area contributed by atoms with Crippen LogP contribution in [0.25, 0.3) is 112 Å². The first-order chi connectivity index (χ1) is 33.5. The Bertz CT molecular complexity index is 3430. The number of hydrogen-bond acceptors (Lipinski definition) is 3. The normalized spacial score (nSPS) is 10.9. The molecule has 0 N–H and O–H groups in total. The fourth-order valence-electron chi connectivity index (χ4n) is 8.79. The monoisotopic (exact) mass is 1190 g/mol. The molecule has 0 unspecified atom stereocenters. The van der Waals surface area contributed by atoms with Crippen molar-refractivity contribution < 1.29 is 20.1 Å². The van der Waals surface area contributed by atoms with E-state index in [2.05, 4.69) is 214 Å². The zero-order valence-electron chi connectivity index (χ0n) is 36.9. The minimum absolute atomic E-state index is 0. The summed E-state index contributed by atoms with van der Waals surface area (Å²) in [5.41, 5.74) is 20.6. The molecule has 0 saturated carbocycles. The third-order valence-corrected chi connectivity index (χ3v) is 13.1. The maximum atomic E-state index is 5.02. The van der Waals surface area contributed by atoms with Crippen LogP contribution in [0, 0.1) is 18.2 Å². The first-order valence-corrected chi connectivity index (χ1v) is 23.8. The Morgan fingerprint density at radius 1 is 0.275 bits per heavy atom. The minimum atomic E-state index is 0. The van der Waals surface area contributed by atoms with Gasteiger partial charge in [-0.15, -0.1) is 95.1 Å². The van der Waals surface area contributed by atoms with Crippen molar-refractivity contribution in [3.63, 3.8) is 0 Å². The van der Waals surface area contributed by atoms with Gasteiger partial charge in [-0.1, -0.05) is 180 Å². The summed E-state index contributed by atoms with van der Waals surface area (Å²) in [6, 6.07) is 84.1. The summed E-state index contributed by atoms with van der Waals surface area (Å²) in [6.45, 7) is 0. The van der Waals surface area contributed by atoms with E-state index in [0.29, 0.717) is 0 Å². The van der Waals surface area contributed by atoms with Gasteiger partial charge < -0.3 is 15.0 Å². The molecular formula is C63H38Br2IrN3. The molecule has 0 radical (unpaired) electrons. The molecule has 11 aromatic rings. The molecule has 11 rings (SSSR count). The number of pyridine rings is 3. The zero-order valence-corrected chi connectivity index (χ0v) is 42.4. The van der Waals surface area contributed by atoms with E-state index in [4.69, 9.17) is 15.0 Å². The summed E-state index contributed by atoms with van der Waals surface area (Å²) in [5.74, 6) is 0. The Morgan fingerprint density at radius 3 is 0.957 bits per heavy atom. The van der Waals surface area contributed by atoms with Crippen LogP contribution in [0.1, 0.15) is 0 Å². The van der Waals surface area contributed by atoms with Gasteiger partial charge in [0, 0.05) is 18.6 Å². The molecule has 3 heterocycles. The molecule has 0 aliphatic carbocycles. The topological polar surface area (TPSA) is 38.7 Å². The summed E-state index contributed by atoms with van der Waals surface area (Å²) in [6.07, 6.45) is 5.91. The zero-order chi connectivity index (χ0) is 45.8. The van der Waals surface area contributed by atoms with Gasteiger partial charge in [-0.05, 0) is 108 Å². The van der Waals surface area contributed by atoms with Crippen LogP contribution in [-0.2, 0) is 20.1 Å². The second-order valence-corrected chi connectivity index (χ2v) is 18.3. The summed E-state index contributed by atoms with van der Waals surface area (Å²) in [4.78, 5) is 14.9. The van der Waals surface area contributed by atoms with Crippen molar-refractivity contribution >= 4 is 31.9 Å². The van der Waals surface area contributed by atoms with Gasteiger partial charge in [-0.2, -0.15) is 0 Å². The van der Waals surface area contributed by atoms with Crippen LogP contribution in [0.4, 0.5) is 0 Å². The molecule has 6 heteroatoms. The van der Waals surface area contributed by atoms with E-state index < -0.39 is 0 Å². The molecule has 3 aromatic heterocycles. The van der Waals surface area contributed by atoms with E-state index in [1.807, 2.05) is 67.1 Å². The van der Waals surface area contributed by atoms with Crippen molar-refractivity contribution in [3.05, 3.63) is 258 Å². The summed E-state index contributed by atoms with van der Waals surface area (Å²) in [7, 11) is 0. The average Bonchev–Trinajstić information content (AvgIpc) is 3.41. The molecule has 0 atom stereocenters. The maximum Gasteiger partial charge on any atom is 3.00 e. The number of nitrogens with zero attached hydrogens (tertiary/aromatic N) is 3. The van der Waals surface area contributed by atoms with Crippen LogP contribution in [-0.4, -0.2) is 15.0 Å². The molecule has 0 aliphatic heterocycles. The quantitative estimate of drug-likeness (QED) is 0.128. The van der Waals surface area contributed by atoms with Crippen LogP contribution < -0.4 is 0 Å². The van der Waals surface area contributed by atoms with Crippen molar-refractivity contribution in [2.24, 2.45) is 0 Å². The summed E-state index contributed by atoms with van der Waals surface area (Å²) < 4.78 is 1.98. The standard InChI is InChI=1S/C63H38Br2N3.Ir/c64-53-19-11-17-45(37-53)62-31-28-48(40-67-62)56-22-5-8-25-59(56)51-34-50(35-52(36-51)60-26-9-6-23-57(60)49-29-32-63(68-41-49)46-18-12-20-54(65)38-46)58-24-7-4-21-55(58)47-27-30-61(66-39-47)44-16-10-15-43(33-44)42-13-2-1-3-14-42;/h1-15,19-41H;/q-3;+3. The number of rotatable bonds is 10. The van der Waals surface area contributed by atoms with Crippen molar-refractivity contribution in [2.75, 3.05) is 0 Å². The molecule has 0 saturated heterocycles. The molecule has 3 nitrogen and oxygen atoms in total. The van der Waals surface area contributed by atoms with Gasteiger partial charge in [-0.3, -0.25) is 0 Å². The van der Waals surface area contributed by atoms with E-state index in [9.17, 15) is 0 Å². The van der Waals surface area contributed by atoms with Gasteiger partial charge in [0.05, 0.1) is 0 Å². The molecule has 0 amide bonds. The Hall–Kier alpha value is -7.18. The van der Waals surface area contributed by atoms with Gasteiger partial charge >= 0.3 is 20.1 Å². The SMILES string of the molecule is Brc1cc[c-]c(-c2ccc(-c3ccccc3-c3cc(-c4ccccc4-c4ccc(-c5[c-]ccc(Br)c5)nc4)cc(-c4ccccc4-c4ccc(-c5[c-]ccc(-c6ccccc6)c5)nc4)c3)cn2)c1.[Ir+3]. The molecule has 8 aromatic carbocycles. The Kier molecular flexibility index (Phi) is 13.6. The van der Waals surface area contributed by atoms with Crippen LogP contribution in [0.2, 0.25) is 0 Å². The second-order valence-electron chi connectivity index (χ2n) is 16.4. The molecule has 0 spiro atoms. The fraction of sp³-hybridized carbons (Fsp3) is 0. The Morgan fingerprint density at radius 2 is 0.609 bits per heavy atom. The fourth-order valence-corrected chi connectivity index (χ4v) is 9.51. The predicted molar refractivity (Wildman–Crippen MR) is 286 cm³/mol. The van der Waals surface area contributed by atoms with Crippen molar-refractivity contribution in [3.8, 4) is 112 Å². The Labute approximate surface area is 433 Å². The first kappa shape index (κ1) is 45.6. The minimum Gasteiger partial charge on any atom is -0.304 e. The number of halogens is 2. The molecule has 0 fully saturated rings. The van der Waals surface area contributed by atoms with Crippen molar-refractivity contribution in [1.82, 2.24) is 15.0 Å². The third kappa shape index (κ3) is 9.90. The number of hydrogen-bond donors (Lipinski definition) is 0. The van der Waals surface area contributed by atoms with E-state index >= 15 is 0 Å². The van der Waals surface area contributed by atoms with E-state index in [1.165, 1.54) is 0 Å². The first-order valence-electron chi connectivity index (χ1n) is 22.3. The smallest absolute Gasteiger partial charge is 0.304 e.